The Bertz CT molecular complexity index is 300. The Morgan fingerprint density at radius 3 is 2.33 bits per heavy atom. The maximum Gasteiger partial charge on any atom is 0.0859 e. The van der Waals surface area contributed by atoms with Crippen LogP contribution in [0.2, 0.25) is 0 Å². The maximum atomic E-state index is 4.29. The second-order valence-corrected chi connectivity index (χ2v) is 4.87. The lowest BCUT2D eigenvalue weighted by molar-refractivity contribution is 0.477. The molecule has 0 aliphatic rings. The van der Waals surface area contributed by atoms with Crippen LogP contribution in [0, 0.1) is 5.92 Å². The topological polar surface area (TPSA) is 30.7 Å². The Balaban J connectivity index is 2.97. The van der Waals surface area contributed by atoms with Crippen LogP contribution in [0.25, 0.3) is 0 Å². The van der Waals surface area contributed by atoms with Gasteiger partial charge in [-0.15, -0.1) is 5.10 Å². The zero-order valence-corrected chi connectivity index (χ0v) is 10.6. The molecule has 1 rings (SSSR count). The third-order valence-electron chi connectivity index (χ3n) is 2.45. The van der Waals surface area contributed by atoms with Crippen molar-refractivity contribution in [3.63, 3.8) is 0 Å². The maximum absolute atomic E-state index is 4.29. The highest BCUT2D eigenvalue weighted by Gasteiger charge is 2.15. The van der Waals surface area contributed by atoms with Crippen molar-refractivity contribution in [3.8, 4) is 0 Å². The molecular formula is C12H23N3. The second kappa shape index (κ2) is 5.29. The molecule has 0 N–H and O–H groups in total. The van der Waals surface area contributed by atoms with Gasteiger partial charge < -0.3 is 0 Å². The van der Waals surface area contributed by atoms with Crippen LogP contribution in [0.15, 0.2) is 0 Å². The molecule has 0 aliphatic heterocycles. The fraction of sp³-hybridized carbons (Fsp3) is 0.833. The van der Waals surface area contributed by atoms with E-state index in [4.69, 9.17) is 0 Å². The van der Waals surface area contributed by atoms with E-state index in [-0.39, 0.29) is 0 Å². The minimum Gasteiger partial charge on any atom is -0.247 e. The normalized spacial score (nSPS) is 11.7. The minimum absolute atomic E-state index is 0.414. The Hall–Kier alpha value is -0.860. The Kier molecular flexibility index (Phi) is 4.30. The van der Waals surface area contributed by atoms with Gasteiger partial charge in [-0.1, -0.05) is 32.4 Å². The van der Waals surface area contributed by atoms with Crippen molar-refractivity contribution in [3.05, 3.63) is 11.4 Å². The van der Waals surface area contributed by atoms with Crippen molar-refractivity contribution in [1.82, 2.24) is 15.0 Å². The standard InChI is InChI=1S/C12H23N3/c1-6-7-11-12(8-9(2)3)15(10(4)5)14-13-11/h9-10H,6-8H2,1-5H3. The second-order valence-electron chi connectivity index (χ2n) is 4.87. The molecule has 1 heterocycles. The van der Waals surface area contributed by atoms with Gasteiger partial charge in [0.2, 0.25) is 0 Å². The molecule has 0 saturated heterocycles. The van der Waals surface area contributed by atoms with Gasteiger partial charge in [-0.05, 0) is 32.6 Å². The molecule has 1 aromatic rings. The largest absolute Gasteiger partial charge is 0.247 e. The summed E-state index contributed by atoms with van der Waals surface area (Å²) in [6.07, 6.45) is 3.27. The van der Waals surface area contributed by atoms with E-state index in [1.807, 2.05) is 0 Å². The first-order valence-corrected chi connectivity index (χ1v) is 5.99. The fourth-order valence-corrected chi connectivity index (χ4v) is 1.79. The molecule has 0 fully saturated rings. The summed E-state index contributed by atoms with van der Waals surface area (Å²) in [6.45, 7) is 11.0. The monoisotopic (exact) mass is 209 g/mol. The third-order valence-corrected chi connectivity index (χ3v) is 2.45. The van der Waals surface area contributed by atoms with Crippen LogP contribution in [0.5, 0.6) is 0 Å². The van der Waals surface area contributed by atoms with Gasteiger partial charge in [0, 0.05) is 6.04 Å². The van der Waals surface area contributed by atoms with Crippen molar-refractivity contribution < 1.29 is 0 Å². The molecule has 86 valence electrons. The van der Waals surface area contributed by atoms with Gasteiger partial charge in [0.15, 0.2) is 0 Å². The molecule has 3 nitrogen and oxygen atoms in total. The Morgan fingerprint density at radius 1 is 1.20 bits per heavy atom. The van der Waals surface area contributed by atoms with Gasteiger partial charge in [0.1, 0.15) is 0 Å². The lowest BCUT2D eigenvalue weighted by Gasteiger charge is -2.12. The van der Waals surface area contributed by atoms with E-state index in [0.717, 1.165) is 19.3 Å². The summed E-state index contributed by atoms with van der Waals surface area (Å²) in [4.78, 5) is 0. The van der Waals surface area contributed by atoms with Crippen molar-refractivity contribution in [2.24, 2.45) is 5.92 Å². The lowest BCUT2D eigenvalue weighted by atomic mass is 10.0. The summed E-state index contributed by atoms with van der Waals surface area (Å²) >= 11 is 0. The summed E-state index contributed by atoms with van der Waals surface area (Å²) in [7, 11) is 0. The molecule has 0 spiro atoms. The highest BCUT2D eigenvalue weighted by atomic mass is 15.4. The van der Waals surface area contributed by atoms with Crippen LogP contribution in [-0.4, -0.2) is 15.0 Å². The van der Waals surface area contributed by atoms with Crippen molar-refractivity contribution >= 4 is 0 Å². The van der Waals surface area contributed by atoms with E-state index >= 15 is 0 Å². The number of rotatable bonds is 5. The summed E-state index contributed by atoms with van der Waals surface area (Å²) in [6, 6.07) is 0.414. The molecule has 0 unspecified atom stereocenters. The molecule has 0 aliphatic carbocycles. The van der Waals surface area contributed by atoms with Crippen LogP contribution in [0.1, 0.15) is 58.5 Å². The first kappa shape index (κ1) is 12.2. The lowest BCUT2D eigenvalue weighted by Crippen LogP contribution is -2.11. The highest BCUT2D eigenvalue weighted by Crippen LogP contribution is 2.17. The van der Waals surface area contributed by atoms with E-state index < -0.39 is 0 Å². The molecule has 0 bridgehead atoms. The van der Waals surface area contributed by atoms with Crippen LogP contribution in [0.4, 0.5) is 0 Å². The number of hydrogen-bond donors (Lipinski definition) is 0. The van der Waals surface area contributed by atoms with Gasteiger partial charge in [-0.3, -0.25) is 0 Å². The van der Waals surface area contributed by atoms with Gasteiger partial charge in [-0.25, -0.2) is 4.68 Å². The molecular weight excluding hydrogens is 186 g/mol. The molecule has 1 aromatic heterocycles. The number of aryl methyl sites for hydroxylation is 1. The highest BCUT2D eigenvalue weighted by molar-refractivity contribution is 5.11. The first-order chi connectivity index (χ1) is 7.06. The van der Waals surface area contributed by atoms with Crippen LogP contribution in [0.3, 0.4) is 0 Å². The summed E-state index contributed by atoms with van der Waals surface area (Å²) in [5.74, 6) is 0.664. The van der Waals surface area contributed by atoms with Crippen LogP contribution < -0.4 is 0 Å². The van der Waals surface area contributed by atoms with E-state index in [9.17, 15) is 0 Å². The van der Waals surface area contributed by atoms with Gasteiger partial charge in [-0.2, -0.15) is 0 Å². The van der Waals surface area contributed by atoms with E-state index in [1.54, 1.807) is 0 Å². The fourth-order valence-electron chi connectivity index (χ4n) is 1.79. The molecule has 0 atom stereocenters. The zero-order chi connectivity index (χ0) is 11.4. The average molecular weight is 209 g/mol. The van der Waals surface area contributed by atoms with Gasteiger partial charge >= 0.3 is 0 Å². The SMILES string of the molecule is CCCc1nnn(C(C)C)c1CC(C)C. The van der Waals surface area contributed by atoms with Crippen LogP contribution >= 0.6 is 0 Å². The van der Waals surface area contributed by atoms with Crippen molar-refractivity contribution in [2.45, 2.75) is 59.9 Å². The number of nitrogens with zero attached hydrogens (tertiary/aromatic N) is 3. The minimum atomic E-state index is 0.414. The van der Waals surface area contributed by atoms with E-state index in [1.165, 1.54) is 11.4 Å². The van der Waals surface area contributed by atoms with Crippen LogP contribution in [-0.2, 0) is 12.8 Å². The quantitative estimate of drug-likeness (QED) is 0.746. The summed E-state index contributed by atoms with van der Waals surface area (Å²) < 4.78 is 2.07. The number of hydrogen-bond acceptors (Lipinski definition) is 2. The van der Waals surface area contributed by atoms with Gasteiger partial charge in [0.25, 0.3) is 0 Å². The Morgan fingerprint density at radius 2 is 1.87 bits per heavy atom. The third kappa shape index (κ3) is 3.05. The summed E-state index contributed by atoms with van der Waals surface area (Å²) in [5.41, 5.74) is 2.53. The van der Waals surface area contributed by atoms with Crippen molar-refractivity contribution in [1.29, 1.82) is 0 Å². The molecule has 15 heavy (non-hydrogen) atoms. The smallest absolute Gasteiger partial charge is 0.0859 e. The predicted octanol–water partition coefficient (Wildman–Crippen LogP) is 3.01. The Labute approximate surface area is 92.9 Å². The van der Waals surface area contributed by atoms with Crippen molar-refractivity contribution in [2.75, 3.05) is 0 Å². The van der Waals surface area contributed by atoms with E-state index in [0.29, 0.717) is 12.0 Å². The van der Waals surface area contributed by atoms with E-state index in [2.05, 4.69) is 49.6 Å². The zero-order valence-electron chi connectivity index (χ0n) is 10.6. The molecule has 0 aromatic carbocycles. The predicted molar refractivity (Wildman–Crippen MR) is 62.9 cm³/mol. The summed E-state index contributed by atoms with van der Waals surface area (Å²) in [5, 5.41) is 8.55. The first-order valence-electron chi connectivity index (χ1n) is 5.99. The molecule has 0 radical (unpaired) electrons. The molecule has 0 saturated carbocycles. The van der Waals surface area contributed by atoms with Gasteiger partial charge in [0.05, 0.1) is 11.4 Å². The molecule has 0 amide bonds. The number of aromatic nitrogens is 3. The molecule has 3 heteroatoms. The average Bonchev–Trinajstić information content (AvgIpc) is 2.48.